The maximum absolute atomic E-state index is 14.3. The Bertz CT molecular complexity index is 1380. The van der Waals surface area contributed by atoms with E-state index in [9.17, 15) is 22.8 Å². The number of fused-ring (bicyclic) bond motifs is 2. The molecule has 0 saturated carbocycles. The van der Waals surface area contributed by atoms with Gasteiger partial charge in [0, 0.05) is 22.0 Å². The molecule has 3 aromatic carbocycles. The van der Waals surface area contributed by atoms with Crippen molar-refractivity contribution in [2.75, 3.05) is 0 Å². The van der Waals surface area contributed by atoms with Gasteiger partial charge < -0.3 is 4.74 Å². The molecular formula is C27H18Cl2F3NO3. The molecule has 0 bridgehead atoms. The first-order chi connectivity index (χ1) is 17.0. The Balaban J connectivity index is 1.41. The lowest BCUT2D eigenvalue weighted by Gasteiger charge is -2.31. The Morgan fingerprint density at radius 3 is 2.17 bits per heavy atom. The van der Waals surface area contributed by atoms with Crippen LogP contribution in [0.3, 0.4) is 0 Å². The van der Waals surface area contributed by atoms with E-state index >= 15 is 0 Å². The minimum absolute atomic E-state index is 0.0754. The third-order valence-corrected chi connectivity index (χ3v) is 6.83. The molecule has 2 aliphatic heterocycles. The van der Waals surface area contributed by atoms with Gasteiger partial charge in [-0.25, -0.2) is 0 Å². The Hall–Kier alpha value is -3.29. The Labute approximate surface area is 214 Å². The molecule has 0 N–H and O–H groups in total. The van der Waals surface area contributed by atoms with Crippen LogP contribution in [0, 0.1) is 0 Å². The number of rotatable bonds is 4. The molecular weight excluding hydrogens is 514 g/mol. The van der Waals surface area contributed by atoms with Crippen LogP contribution in [0.15, 0.2) is 66.7 Å². The van der Waals surface area contributed by atoms with Crippen LogP contribution in [0.2, 0.25) is 10.0 Å². The van der Waals surface area contributed by atoms with Crippen LogP contribution in [-0.2, 0) is 12.0 Å². The van der Waals surface area contributed by atoms with Crippen molar-refractivity contribution < 1.29 is 27.5 Å². The number of benzene rings is 3. The van der Waals surface area contributed by atoms with Gasteiger partial charge in [-0.1, -0.05) is 53.6 Å². The first-order valence-electron chi connectivity index (χ1n) is 11.0. The van der Waals surface area contributed by atoms with Gasteiger partial charge in [0.05, 0.1) is 17.2 Å². The van der Waals surface area contributed by atoms with Crippen LogP contribution in [-0.4, -0.2) is 28.9 Å². The fraction of sp³-hybridized carbons (Fsp3) is 0.185. The van der Waals surface area contributed by atoms with E-state index in [-0.39, 0.29) is 33.2 Å². The van der Waals surface area contributed by atoms with Crippen molar-refractivity contribution in [3.8, 4) is 5.75 Å². The van der Waals surface area contributed by atoms with Gasteiger partial charge in [-0.15, -0.1) is 0 Å². The zero-order valence-electron chi connectivity index (χ0n) is 18.8. The summed E-state index contributed by atoms with van der Waals surface area (Å²) >= 11 is 12.0. The summed E-state index contributed by atoms with van der Waals surface area (Å²) in [5, 5.41) is 0.151. The van der Waals surface area contributed by atoms with E-state index in [2.05, 4.69) is 0 Å². The summed E-state index contributed by atoms with van der Waals surface area (Å²) in [6.07, 6.45) is -1.88. The highest BCUT2D eigenvalue weighted by Crippen LogP contribution is 2.51. The number of carbonyl (C=O) groups excluding carboxylic acids is 2. The van der Waals surface area contributed by atoms with Crippen LogP contribution >= 0.6 is 23.2 Å². The molecule has 0 radical (unpaired) electrons. The zero-order chi connectivity index (χ0) is 25.8. The Kier molecular flexibility index (Phi) is 5.88. The van der Waals surface area contributed by atoms with Crippen molar-refractivity contribution in [1.29, 1.82) is 0 Å². The second-order valence-corrected chi connectivity index (χ2v) is 9.63. The number of halogens is 5. The SMILES string of the molecule is CC(/C=C\c1ccc2c(c1)CC(c1cc(Cl)cc(Cl)c1)(C(F)(F)F)O2)N1C(=O)c2ccccc2C1=O. The number of hydrogen-bond acceptors (Lipinski definition) is 3. The number of amides is 2. The van der Waals surface area contributed by atoms with Gasteiger partial charge in [0.1, 0.15) is 5.75 Å². The maximum atomic E-state index is 14.3. The molecule has 0 fully saturated rings. The number of ether oxygens (including phenoxy) is 1. The second kappa shape index (κ2) is 8.68. The lowest BCUT2D eigenvalue weighted by atomic mass is 9.88. The molecule has 4 nitrogen and oxygen atoms in total. The summed E-state index contributed by atoms with van der Waals surface area (Å²) in [6.45, 7) is 1.70. The van der Waals surface area contributed by atoms with Crippen LogP contribution in [0.4, 0.5) is 13.2 Å². The molecule has 9 heteroatoms. The summed E-state index contributed by atoms with van der Waals surface area (Å²) < 4.78 is 48.6. The molecule has 3 aromatic rings. The first kappa shape index (κ1) is 24.4. The summed E-state index contributed by atoms with van der Waals surface area (Å²) in [4.78, 5) is 26.5. The average molecular weight is 532 g/mol. The van der Waals surface area contributed by atoms with E-state index in [0.717, 1.165) is 4.90 Å². The Morgan fingerprint density at radius 2 is 1.58 bits per heavy atom. The number of hydrogen-bond donors (Lipinski definition) is 0. The number of alkyl halides is 3. The number of nitrogens with zero attached hydrogens (tertiary/aromatic N) is 1. The predicted octanol–water partition coefficient (Wildman–Crippen LogP) is 7.08. The third kappa shape index (κ3) is 3.96. The molecule has 2 amide bonds. The molecule has 184 valence electrons. The van der Waals surface area contributed by atoms with Crippen molar-refractivity contribution >= 4 is 41.1 Å². The molecule has 0 saturated heterocycles. The van der Waals surface area contributed by atoms with Gasteiger partial charge in [0.25, 0.3) is 11.8 Å². The summed E-state index contributed by atoms with van der Waals surface area (Å²) in [6, 6.07) is 14.5. The van der Waals surface area contributed by atoms with Crippen molar-refractivity contribution in [2.24, 2.45) is 0 Å². The van der Waals surface area contributed by atoms with E-state index in [0.29, 0.717) is 22.3 Å². The van der Waals surface area contributed by atoms with Crippen LogP contribution in [0.1, 0.15) is 44.3 Å². The maximum Gasteiger partial charge on any atom is 0.432 e. The molecule has 36 heavy (non-hydrogen) atoms. The smallest absolute Gasteiger partial charge is 0.432 e. The molecule has 2 aliphatic rings. The summed E-state index contributed by atoms with van der Waals surface area (Å²) in [5.41, 5.74) is -1.15. The van der Waals surface area contributed by atoms with E-state index < -0.39 is 24.2 Å². The van der Waals surface area contributed by atoms with Crippen molar-refractivity contribution in [3.63, 3.8) is 0 Å². The fourth-order valence-corrected chi connectivity index (χ4v) is 5.14. The number of imide groups is 1. The lowest BCUT2D eigenvalue weighted by molar-refractivity contribution is -0.248. The zero-order valence-corrected chi connectivity index (χ0v) is 20.3. The highest BCUT2D eigenvalue weighted by Gasteiger charge is 2.61. The Morgan fingerprint density at radius 1 is 0.972 bits per heavy atom. The van der Waals surface area contributed by atoms with Gasteiger partial charge in [0.2, 0.25) is 5.60 Å². The van der Waals surface area contributed by atoms with E-state index in [4.69, 9.17) is 27.9 Å². The van der Waals surface area contributed by atoms with Crippen LogP contribution in [0.25, 0.3) is 6.08 Å². The number of carbonyl (C=O) groups is 2. The monoisotopic (exact) mass is 531 g/mol. The van der Waals surface area contributed by atoms with E-state index in [1.165, 1.54) is 24.3 Å². The molecule has 0 aromatic heterocycles. The minimum Gasteiger partial charge on any atom is -0.472 e. The standard InChI is InChI=1S/C27H18Cl2F3NO3/c1-15(33-24(34)21-4-2-3-5-22(21)25(33)35)6-7-16-8-9-23-17(10-16)14-26(36-23,27(30,31)32)18-11-19(28)13-20(29)12-18/h2-13,15H,14H2,1H3/b7-6-. The van der Waals surface area contributed by atoms with Gasteiger partial charge in [-0.3, -0.25) is 14.5 Å². The largest absolute Gasteiger partial charge is 0.472 e. The average Bonchev–Trinajstić information content (AvgIpc) is 3.33. The van der Waals surface area contributed by atoms with E-state index in [1.54, 1.807) is 55.5 Å². The van der Waals surface area contributed by atoms with Gasteiger partial charge in [-0.2, -0.15) is 13.2 Å². The fourth-order valence-electron chi connectivity index (χ4n) is 4.62. The lowest BCUT2D eigenvalue weighted by Crippen LogP contribution is -2.46. The predicted molar refractivity (Wildman–Crippen MR) is 130 cm³/mol. The highest BCUT2D eigenvalue weighted by molar-refractivity contribution is 6.34. The molecule has 2 unspecified atom stereocenters. The quantitative estimate of drug-likeness (QED) is 0.338. The second-order valence-electron chi connectivity index (χ2n) is 8.75. The molecule has 0 aliphatic carbocycles. The van der Waals surface area contributed by atoms with Crippen LogP contribution < -0.4 is 4.74 Å². The minimum atomic E-state index is -4.74. The molecule has 2 atom stereocenters. The van der Waals surface area contributed by atoms with Crippen molar-refractivity contribution in [3.05, 3.63) is 105 Å². The molecule has 2 heterocycles. The van der Waals surface area contributed by atoms with Gasteiger partial charge in [0.15, 0.2) is 0 Å². The summed E-state index contributed by atoms with van der Waals surface area (Å²) in [5.74, 6) is -0.663. The summed E-state index contributed by atoms with van der Waals surface area (Å²) in [7, 11) is 0. The first-order valence-corrected chi connectivity index (χ1v) is 11.8. The van der Waals surface area contributed by atoms with Crippen molar-refractivity contribution in [1.82, 2.24) is 4.90 Å². The van der Waals surface area contributed by atoms with Gasteiger partial charge >= 0.3 is 6.18 Å². The van der Waals surface area contributed by atoms with Crippen LogP contribution in [0.5, 0.6) is 5.75 Å². The third-order valence-electron chi connectivity index (χ3n) is 6.39. The normalized spacial score (nSPS) is 20.0. The van der Waals surface area contributed by atoms with Gasteiger partial charge in [-0.05, 0) is 60.5 Å². The molecule has 5 rings (SSSR count). The van der Waals surface area contributed by atoms with Crippen molar-refractivity contribution in [2.45, 2.75) is 31.2 Å². The topological polar surface area (TPSA) is 46.6 Å². The molecule has 0 spiro atoms. The highest BCUT2D eigenvalue weighted by atomic mass is 35.5. The van der Waals surface area contributed by atoms with E-state index in [1.807, 2.05) is 0 Å².